The second-order valence-corrected chi connectivity index (χ2v) is 5.22. The van der Waals surface area contributed by atoms with Gasteiger partial charge in [-0.25, -0.2) is 10.8 Å². The third kappa shape index (κ3) is 2.19. The van der Waals surface area contributed by atoms with Gasteiger partial charge in [-0.05, 0) is 17.9 Å². The van der Waals surface area contributed by atoms with Crippen molar-refractivity contribution in [2.24, 2.45) is 12.9 Å². The fourth-order valence-electron chi connectivity index (χ4n) is 2.04. The molecule has 0 aromatic carbocycles. The van der Waals surface area contributed by atoms with Crippen LogP contribution in [0.15, 0.2) is 17.6 Å². The second-order valence-electron chi connectivity index (χ2n) is 4.32. The molecule has 3 aromatic rings. The van der Waals surface area contributed by atoms with Crippen molar-refractivity contribution < 1.29 is 0 Å². The Morgan fingerprint density at radius 3 is 3.00 bits per heavy atom. The molecule has 0 bridgehead atoms. The summed E-state index contributed by atoms with van der Waals surface area (Å²) in [4.78, 5) is 9.58. The first-order chi connectivity index (χ1) is 9.71. The summed E-state index contributed by atoms with van der Waals surface area (Å²) in [5.74, 6) is 6.54. The largest absolute Gasteiger partial charge is 0.337 e. The number of fused-ring (bicyclic) bond motifs is 1. The van der Waals surface area contributed by atoms with E-state index in [4.69, 9.17) is 5.84 Å². The summed E-state index contributed by atoms with van der Waals surface area (Å²) in [6.45, 7) is 2.07. The maximum atomic E-state index is 5.42. The van der Waals surface area contributed by atoms with Gasteiger partial charge in [-0.15, -0.1) is 11.3 Å². The SMILES string of the molecule is CCc1nn(C)cc1Nc1nc(NN)nc2sccc12. The summed E-state index contributed by atoms with van der Waals surface area (Å²) >= 11 is 1.55. The normalized spacial score (nSPS) is 10.9. The van der Waals surface area contributed by atoms with Crippen LogP contribution in [0.5, 0.6) is 0 Å². The molecule has 0 fully saturated rings. The maximum Gasteiger partial charge on any atom is 0.240 e. The van der Waals surface area contributed by atoms with Gasteiger partial charge < -0.3 is 5.32 Å². The minimum atomic E-state index is 0.393. The number of aryl methyl sites for hydroxylation is 2. The van der Waals surface area contributed by atoms with Crippen LogP contribution in [0.25, 0.3) is 10.2 Å². The number of hydrogen-bond donors (Lipinski definition) is 3. The highest BCUT2D eigenvalue weighted by Crippen LogP contribution is 2.29. The van der Waals surface area contributed by atoms with Crippen molar-refractivity contribution in [3.8, 4) is 0 Å². The standard InChI is InChI=1S/C12H15N7S/c1-3-8-9(6-19(2)18-8)14-10-7-4-5-20-11(7)16-12(15-10)17-13/h4-6H,3,13H2,1-2H3,(H2,14,15,16,17). The topological polar surface area (TPSA) is 93.7 Å². The van der Waals surface area contributed by atoms with Crippen LogP contribution in [0, 0.1) is 0 Å². The average molecular weight is 289 g/mol. The molecular weight excluding hydrogens is 274 g/mol. The lowest BCUT2D eigenvalue weighted by Crippen LogP contribution is -2.11. The molecule has 0 aliphatic heterocycles. The lowest BCUT2D eigenvalue weighted by Gasteiger charge is -2.07. The van der Waals surface area contributed by atoms with E-state index < -0.39 is 0 Å². The quantitative estimate of drug-likeness (QED) is 0.502. The van der Waals surface area contributed by atoms with Gasteiger partial charge in [0, 0.05) is 13.2 Å². The van der Waals surface area contributed by atoms with Crippen molar-refractivity contribution in [2.45, 2.75) is 13.3 Å². The van der Waals surface area contributed by atoms with Crippen molar-refractivity contribution in [3.63, 3.8) is 0 Å². The Balaban J connectivity index is 2.07. The number of nitrogens with two attached hydrogens (primary N) is 1. The maximum absolute atomic E-state index is 5.42. The van der Waals surface area contributed by atoms with Crippen molar-refractivity contribution in [1.29, 1.82) is 0 Å². The van der Waals surface area contributed by atoms with Crippen LogP contribution >= 0.6 is 11.3 Å². The molecule has 0 spiro atoms. The molecule has 3 heterocycles. The van der Waals surface area contributed by atoms with Gasteiger partial charge in [0.15, 0.2) is 0 Å². The van der Waals surface area contributed by atoms with Gasteiger partial charge in [0.2, 0.25) is 5.95 Å². The Bertz CT molecular complexity index is 745. The van der Waals surface area contributed by atoms with E-state index in [1.54, 1.807) is 16.0 Å². The van der Waals surface area contributed by atoms with Crippen molar-refractivity contribution in [1.82, 2.24) is 19.7 Å². The number of nitrogen functional groups attached to an aromatic ring is 1. The van der Waals surface area contributed by atoms with Crippen LogP contribution in [0.3, 0.4) is 0 Å². The average Bonchev–Trinajstić information content (AvgIpc) is 3.04. The molecule has 104 valence electrons. The molecule has 0 aliphatic rings. The first kappa shape index (κ1) is 12.8. The molecule has 3 aromatic heterocycles. The summed E-state index contributed by atoms with van der Waals surface area (Å²) < 4.78 is 1.79. The number of hydrogen-bond acceptors (Lipinski definition) is 7. The van der Waals surface area contributed by atoms with Crippen molar-refractivity contribution in [2.75, 3.05) is 10.7 Å². The molecule has 0 atom stereocenters. The Labute approximate surface area is 119 Å². The van der Waals surface area contributed by atoms with Crippen molar-refractivity contribution >= 4 is 39.0 Å². The van der Waals surface area contributed by atoms with Crippen LogP contribution in [-0.4, -0.2) is 19.7 Å². The Hall–Kier alpha value is -2.19. The van der Waals surface area contributed by atoms with Crippen LogP contribution in [-0.2, 0) is 13.5 Å². The van der Waals surface area contributed by atoms with E-state index in [0.29, 0.717) is 5.95 Å². The lowest BCUT2D eigenvalue weighted by atomic mass is 10.3. The lowest BCUT2D eigenvalue weighted by molar-refractivity contribution is 0.746. The van der Waals surface area contributed by atoms with E-state index >= 15 is 0 Å². The van der Waals surface area contributed by atoms with Gasteiger partial charge in [-0.1, -0.05) is 6.92 Å². The van der Waals surface area contributed by atoms with E-state index in [0.717, 1.165) is 33.8 Å². The summed E-state index contributed by atoms with van der Waals surface area (Å²) in [6, 6.07) is 1.99. The molecule has 4 N–H and O–H groups in total. The molecular formula is C12H15N7S. The predicted molar refractivity (Wildman–Crippen MR) is 81.1 cm³/mol. The first-order valence-electron chi connectivity index (χ1n) is 6.22. The van der Waals surface area contributed by atoms with E-state index in [-0.39, 0.29) is 0 Å². The number of thiophene rings is 1. The van der Waals surface area contributed by atoms with Gasteiger partial charge >= 0.3 is 0 Å². The molecule has 7 nitrogen and oxygen atoms in total. The Kier molecular flexibility index (Phi) is 3.25. The summed E-state index contributed by atoms with van der Waals surface area (Å²) in [5, 5.41) is 10.7. The molecule has 8 heteroatoms. The monoisotopic (exact) mass is 289 g/mol. The van der Waals surface area contributed by atoms with E-state index in [1.807, 2.05) is 24.7 Å². The number of hydrazine groups is 1. The van der Waals surface area contributed by atoms with E-state index in [1.165, 1.54) is 0 Å². The first-order valence-corrected chi connectivity index (χ1v) is 7.10. The third-order valence-electron chi connectivity index (χ3n) is 2.95. The molecule has 0 saturated heterocycles. The zero-order valence-electron chi connectivity index (χ0n) is 11.2. The number of rotatable bonds is 4. The predicted octanol–water partition coefficient (Wildman–Crippen LogP) is 2.02. The molecule has 20 heavy (non-hydrogen) atoms. The Morgan fingerprint density at radius 2 is 2.25 bits per heavy atom. The number of nitrogens with zero attached hydrogens (tertiary/aromatic N) is 4. The highest BCUT2D eigenvalue weighted by molar-refractivity contribution is 7.16. The van der Waals surface area contributed by atoms with E-state index in [2.05, 4.69) is 32.7 Å². The fraction of sp³-hybridized carbons (Fsp3) is 0.250. The van der Waals surface area contributed by atoms with Gasteiger partial charge in [0.25, 0.3) is 0 Å². The zero-order chi connectivity index (χ0) is 14.1. The highest BCUT2D eigenvalue weighted by atomic mass is 32.1. The van der Waals surface area contributed by atoms with Gasteiger partial charge in [-0.3, -0.25) is 10.1 Å². The van der Waals surface area contributed by atoms with Crippen molar-refractivity contribution in [3.05, 3.63) is 23.3 Å². The molecule has 0 amide bonds. The van der Waals surface area contributed by atoms with Crippen LogP contribution in [0.4, 0.5) is 17.5 Å². The molecule has 0 unspecified atom stereocenters. The number of anilines is 3. The zero-order valence-corrected chi connectivity index (χ0v) is 12.0. The van der Waals surface area contributed by atoms with Gasteiger partial charge in [0.1, 0.15) is 10.6 Å². The number of aromatic nitrogens is 4. The van der Waals surface area contributed by atoms with Crippen LogP contribution in [0.1, 0.15) is 12.6 Å². The fourth-order valence-corrected chi connectivity index (χ4v) is 2.81. The molecule has 0 radical (unpaired) electrons. The second kappa shape index (κ2) is 5.06. The van der Waals surface area contributed by atoms with Gasteiger partial charge in [0.05, 0.1) is 16.8 Å². The Morgan fingerprint density at radius 1 is 1.40 bits per heavy atom. The number of nitrogens with one attached hydrogen (secondary N) is 2. The minimum absolute atomic E-state index is 0.393. The van der Waals surface area contributed by atoms with Gasteiger partial charge in [-0.2, -0.15) is 10.1 Å². The summed E-state index contributed by atoms with van der Waals surface area (Å²) in [7, 11) is 1.90. The smallest absolute Gasteiger partial charge is 0.240 e. The van der Waals surface area contributed by atoms with E-state index in [9.17, 15) is 0 Å². The van der Waals surface area contributed by atoms with Crippen LogP contribution < -0.4 is 16.6 Å². The minimum Gasteiger partial charge on any atom is -0.337 e. The third-order valence-corrected chi connectivity index (χ3v) is 3.75. The molecule has 3 rings (SSSR count). The molecule has 0 saturated carbocycles. The summed E-state index contributed by atoms with van der Waals surface area (Å²) in [5.41, 5.74) is 4.44. The molecule has 0 aliphatic carbocycles. The highest BCUT2D eigenvalue weighted by Gasteiger charge is 2.12. The summed E-state index contributed by atoms with van der Waals surface area (Å²) in [6.07, 6.45) is 2.79. The van der Waals surface area contributed by atoms with Crippen LogP contribution in [0.2, 0.25) is 0 Å².